The summed E-state index contributed by atoms with van der Waals surface area (Å²) in [4.78, 5) is 26.5. The van der Waals surface area contributed by atoms with Crippen LogP contribution in [-0.4, -0.2) is 49.2 Å². The van der Waals surface area contributed by atoms with Gasteiger partial charge in [-0.1, -0.05) is 47.6 Å². The van der Waals surface area contributed by atoms with E-state index in [1.54, 1.807) is 32.4 Å². The number of rotatable bonds is 10. The van der Waals surface area contributed by atoms with E-state index in [1.807, 2.05) is 18.2 Å². The molecule has 0 unspecified atom stereocenters. The molecule has 1 heterocycles. The molecule has 0 spiro atoms. The fourth-order valence-corrected chi connectivity index (χ4v) is 6.25. The largest absolute Gasteiger partial charge is 0.541 e. The number of cyclic esters (lactones) is 1. The van der Waals surface area contributed by atoms with Crippen LogP contribution < -0.4 is 18.3 Å². The minimum Gasteiger partial charge on any atom is -0.541 e. The number of carbonyl (C=O) groups is 2. The highest BCUT2D eigenvalue weighted by atomic mass is 28.4. The highest BCUT2D eigenvalue weighted by molar-refractivity contribution is 6.75. The van der Waals surface area contributed by atoms with Gasteiger partial charge in [-0.05, 0) is 78.6 Å². The summed E-state index contributed by atoms with van der Waals surface area (Å²) >= 11 is 0. The lowest BCUT2D eigenvalue weighted by atomic mass is 9.84. The van der Waals surface area contributed by atoms with Crippen LogP contribution in [0.25, 0.3) is 0 Å². The summed E-state index contributed by atoms with van der Waals surface area (Å²) in [6, 6.07) is 11.0. The summed E-state index contributed by atoms with van der Waals surface area (Å²) in [6.45, 7) is 21.8. The molecule has 0 aromatic heterocycles. The fourth-order valence-electron chi connectivity index (χ4n) is 4.20. The van der Waals surface area contributed by atoms with Crippen molar-refractivity contribution < 1.29 is 32.7 Å². The molecule has 0 aliphatic carbocycles. The predicted molar refractivity (Wildman–Crippen MR) is 168 cm³/mol. The first-order chi connectivity index (χ1) is 18.8. The van der Waals surface area contributed by atoms with Crippen molar-refractivity contribution in [3.63, 3.8) is 0 Å². The van der Waals surface area contributed by atoms with Gasteiger partial charge in [-0.15, -0.1) is 0 Å². The molecule has 0 saturated carbocycles. The van der Waals surface area contributed by atoms with Crippen LogP contribution in [0.4, 0.5) is 0 Å². The Morgan fingerprint density at radius 3 is 1.78 bits per heavy atom. The molecule has 0 bridgehead atoms. The van der Waals surface area contributed by atoms with Gasteiger partial charge in [0.1, 0.15) is 18.1 Å². The van der Waals surface area contributed by atoms with E-state index in [1.165, 1.54) is 0 Å². The molecule has 1 aliphatic heterocycles. The number of Topliss-reactive ketones (excluding diaryl/α,β-unsaturated/α-hetero) is 1. The second-order valence-corrected chi connectivity index (χ2v) is 23.4. The average molecular weight is 601 g/mol. The van der Waals surface area contributed by atoms with Gasteiger partial charge in [0.15, 0.2) is 17.3 Å². The van der Waals surface area contributed by atoms with E-state index in [2.05, 4.69) is 67.7 Å². The summed E-state index contributed by atoms with van der Waals surface area (Å²) in [7, 11) is -1.00. The highest BCUT2D eigenvalue weighted by Gasteiger charge is 2.43. The Hall–Kier alpha value is -2.79. The molecule has 2 aromatic rings. The van der Waals surface area contributed by atoms with Gasteiger partial charge < -0.3 is 23.1 Å². The van der Waals surface area contributed by atoms with Crippen molar-refractivity contribution >= 4 is 28.4 Å². The number of hydrogen-bond acceptors (Lipinski definition) is 7. The molecule has 226 valence electrons. The van der Waals surface area contributed by atoms with Crippen molar-refractivity contribution in [1.29, 1.82) is 0 Å². The third-order valence-electron chi connectivity index (χ3n) is 9.00. The minimum atomic E-state index is -2.11. The topological polar surface area (TPSA) is 80.3 Å². The van der Waals surface area contributed by atoms with Gasteiger partial charge in [0, 0.05) is 5.56 Å². The molecule has 9 heteroatoms. The first kappa shape index (κ1) is 32.7. The van der Waals surface area contributed by atoms with Crippen LogP contribution in [0.3, 0.4) is 0 Å². The van der Waals surface area contributed by atoms with Crippen molar-refractivity contribution in [2.45, 2.75) is 84.2 Å². The SMILES string of the molecule is COc1cc(C[C@H]2C(=O)OC[C@@H]2C(=O)c2ccc(O[Si](C)(C)C(C)(C)C)c(OC)c2)ccc1O[Si](C)(C)C(C)(C)C. The number of methoxy groups -OCH3 is 2. The van der Waals surface area contributed by atoms with Crippen LogP contribution in [0, 0.1) is 11.8 Å². The lowest BCUT2D eigenvalue weighted by Gasteiger charge is -2.36. The zero-order chi connectivity index (χ0) is 31.0. The molecule has 3 rings (SSSR count). The molecule has 0 N–H and O–H groups in total. The van der Waals surface area contributed by atoms with E-state index in [4.69, 9.17) is 23.1 Å². The Morgan fingerprint density at radius 1 is 0.805 bits per heavy atom. The molecule has 7 nitrogen and oxygen atoms in total. The Morgan fingerprint density at radius 2 is 1.29 bits per heavy atom. The normalized spacial score (nSPS) is 18.1. The monoisotopic (exact) mass is 600 g/mol. The second kappa shape index (κ2) is 11.8. The molecule has 1 fully saturated rings. The maximum atomic E-state index is 13.7. The average Bonchev–Trinajstić information content (AvgIpc) is 3.22. The first-order valence-corrected chi connectivity index (χ1v) is 20.1. The summed E-state index contributed by atoms with van der Waals surface area (Å²) in [6.07, 6.45) is 0.357. The van der Waals surface area contributed by atoms with Gasteiger partial charge in [0.2, 0.25) is 0 Å². The van der Waals surface area contributed by atoms with Crippen molar-refractivity contribution in [3.05, 3.63) is 47.5 Å². The molecule has 1 saturated heterocycles. The van der Waals surface area contributed by atoms with Crippen LogP contribution in [0.1, 0.15) is 57.5 Å². The lowest BCUT2D eigenvalue weighted by Crippen LogP contribution is -2.43. The Labute approximate surface area is 248 Å². The van der Waals surface area contributed by atoms with E-state index in [-0.39, 0.29) is 28.4 Å². The van der Waals surface area contributed by atoms with E-state index in [0.717, 1.165) is 5.56 Å². The Bertz CT molecular complexity index is 1270. The molecule has 1 aliphatic rings. The highest BCUT2D eigenvalue weighted by Crippen LogP contribution is 2.42. The van der Waals surface area contributed by atoms with Gasteiger partial charge in [-0.3, -0.25) is 9.59 Å². The Balaban J connectivity index is 1.83. The number of ketones is 1. The van der Waals surface area contributed by atoms with Crippen LogP contribution in [-0.2, 0) is 16.0 Å². The van der Waals surface area contributed by atoms with Crippen molar-refractivity contribution in [2.24, 2.45) is 11.8 Å². The fraction of sp³-hybridized carbons (Fsp3) is 0.562. The van der Waals surface area contributed by atoms with Crippen LogP contribution >= 0.6 is 0 Å². The summed E-state index contributed by atoms with van der Waals surface area (Å²) in [5.74, 6) is 0.710. The van der Waals surface area contributed by atoms with Crippen molar-refractivity contribution in [3.8, 4) is 23.0 Å². The number of ether oxygens (including phenoxy) is 3. The zero-order valence-corrected chi connectivity index (χ0v) is 28.9. The maximum Gasteiger partial charge on any atom is 0.310 e. The molecule has 0 radical (unpaired) electrons. The van der Waals surface area contributed by atoms with Crippen LogP contribution in [0.2, 0.25) is 36.3 Å². The smallest absolute Gasteiger partial charge is 0.310 e. The van der Waals surface area contributed by atoms with E-state index in [9.17, 15) is 9.59 Å². The minimum absolute atomic E-state index is 0.0129. The van der Waals surface area contributed by atoms with E-state index in [0.29, 0.717) is 35.0 Å². The van der Waals surface area contributed by atoms with Crippen molar-refractivity contribution in [2.75, 3.05) is 20.8 Å². The van der Waals surface area contributed by atoms with Gasteiger partial charge in [-0.25, -0.2) is 0 Å². The third-order valence-corrected chi connectivity index (χ3v) is 17.7. The molecule has 0 amide bonds. The van der Waals surface area contributed by atoms with E-state index >= 15 is 0 Å². The summed E-state index contributed by atoms with van der Waals surface area (Å²) in [5, 5.41) is 0.0502. The molecule has 2 aromatic carbocycles. The lowest BCUT2D eigenvalue weighted by molar-refractivity contribution is -0.141. The molecule has 41 heavy (non-hydrogen) atoms. The number of carbonyl (C=O) groups excluding carboxylic acids is 2. The van der Waals surface area contributed by atoms with Gasteiger partial charge >= 0.3 is 5.97 Å². The van der Waals surface area contributed by atoms with Crippen molar-refractivity contribution in [1.82, 2.24) is 0 Å². The van der Waals surface area contributed by atoms with Gasteiger partial charge in [-0.2, -0.15) is 0 Å². The maximum absolute atomic E-state index is 13.7. The second-order valence-electron chi connectivity index (χ2n) is 14.0. The van der Waals surface area contributed by atoms with Crippen LogP contribution in [0.5, 0.6) is 23.0 Å². The number of esters is 1. The standard InChI is InChI=1S/C32H48O7Si2/c1-31(2,3)40(9,10)38-25-15-13-21(18-27(25)35-7)17-23-24(20-37-30(23)34)29(33)22-14-16-26(28(19-22)36-8)39-41(11,12)32(4,5)6/h13-16,18-19,23-24H,17,20H2,1-12H3/t23-,24+/m1/s1. The van der Waals surface area contributed by atoms with Gasteiger partial charge in [0.25, 0.3) is 16.6 Å². The molecular formula is C32H48O7Si2. The quantitative estimate of drug-likeness (QED) is 0.157. The number of hydrogen-bond donors (Lipinski definition) is 0. The molecule has 2 atom stereocenters. The Kier molecular flexibility index (Phi) is 9.45. The van der Waals surface area contributed by atoms with E-state index < -0.39 is 28.5 Å². The third kappa shape index (κ3) is 7.17. The zero-order valence-electron chi connectivity index (χ0n) is 26.9. The predicted octanol–water partition coefficient (Wildman–Crippen LogP) is 7.69. The summed E-state index contributed by atoms with van der Waals surface area (Å²) in [5.41, 5.74) is 1.34. The molecular weight excluding hydrogens is 553 g/mol. The number of benzene rings is 2. The van der Waals surface area contributed by atoms with Gasteiger partial charge in [0.05, 0.1) is 26.1 Å². The summed E-state index contributed by atoms with van der Waals surface area (Å²) < 4.78 is 29.6. The first-order valence-electron chi connectivity index (χ1n) is 14.2. The van der Waals surface area contributed by atoms with Crippen LogP contribution in [0.15, 0.2) is 36.4 Å².